The zero-order chi connectivity index (χ0) is 15.2. The summed E-state index contributed by atoms with van der Waals surface area (Å²) in [6.07, 6.45) is 3.25. The maximum atomic E-state index is 13.2. The van der Waals surface area contributed by atoms with Gasteiger partial charge in [0, 0.05) is 6.04 Å². The molecule has 2 fully saturated rings. The van der Waals surface area contributed by atoms with Gasteiger partial charge in [0.15, 0.2) is 0 Å². The van der Waals surface area contributed by atoms with Gasteiger partial charge in [0.2, 0.25) is 5.91 Å². The summed E-state index contributed by atoms with van der Waals surface area (Å²) < 4.78 is 13.2. The molecule has 1 aromatic rings. The van der Waals surface area contributed by atoms with Gasteiger partial charge in [0.1, 0.15) is 5.82 Å². The molecule has 114 valence electrons. The molecular formula is C16H19ClFNO2. The van der Waals surface area contributed by atoms with E-state index in [0.29, 0.717) is 31.4 Å². The lowest BCUT2D eigenvalue weighted by molar-refractivity contribution is -0.128. The first kappa shape index (κ1) is 14.8. The number of carbonyl (C=O) groups is 1. The van der Waals surface area contributed by atoms with Crippen molar-refractivity contribution in [2.24, 2.45) is 5.41 Å². The Kier molecular flexibility index (Phi) is 3.70. The number of benzene rings is 1. The Bertz CT molecular complexity index is 569. The molecule has 3 rings (SSSR count). The number of anilines is 1. The van der Waals surface area contributed by atoms with E-state index in [1.54, 1.807) is 11.0 Å². The number of halogens is 2. The lowest BCUT2D eigenvalue weighted by Gasteiger charge is -2.33. The summed E-state index contributed by atoms with van der Waals surface area (Å²) in [7, 11) is 0. The van der Waals surface area contributed by atoms with Crippen LogP contribution >= 0.6 is 11.6 Å². The van der Waals surface area contributed by atoms with E-state index in [2.05, 4.69) is 0 Å². The van der Waals surface area contributed by atoms with Gasteiger partial charge in [-0.2, -0.15) is 0 Å². The zero-order valence-corrected chi connectivity index (χ0v) is 12.7. The summed E-state index contributed by atoms with van der Waals surface area (Å²) in [5.74, 6) is -0.339. The Morgan fingerprint density at radius 3 is 2.67 bits per heavy atom. The lowest BCUT2D eigenvalue weighted by atomic mass is 9.71. The summed E-state index contributed by atoms with van der Waals surface area (Å²) >= 11 is 6.12. The van der Waals surface area contributed by atoms with Crippen molar-refractivity contribution in [1.29, 1.82) is 0 Å². The number of hydrogen-bond donors (Lipinski definition) is 1. The van der Waals surface area contributed by atoms with Crippen molar-refractivity contribution in [2.45, 2.75) is 51.2 Å². The Morgan fingerprint density at radius 1 is 1.38 bits per heavy atom. The smallest absolute Gasteiger partial charge is 0.233 e. The van der Waals surface area contributed by atoms with Crippen LogP contribution in [0.5, 0.6) is 0 Å². The highest BCUT2D eigenvalue weighted by molar-refractivity contribution is 6.34. The van der Waals surface area contributed by atoms with Crippen LogP contribution in [0.4, 0.5) is 10.1 Å². The summed E-state index contributed by atoms with van der Waals surface area (Å²) in [5, 5.41) is 9.94. The van der Waals surface area contributed by atoms with Gasteiger partial charge >= 0.3 is 0 Å². The number of aliphatic hydroxyl groups excluding tert-OH is 1. The minimum absolute atomic E-state index is 0.0377. The normalized spacial score (nSPS) is 33.0. The monoisotopic (exact) mass is 311 g/mol. The number of carbonyl (C=O) groups excluding carboxylic acids is 1. The molecule has 21 heavy (non-hydrogen) atoms. The minimum Gasteiger partial charge on any atom is -0.393 e. The summed E-state index contributed by atoms with van der Waals surface area (Å²) in [6, 6.07) is 4.18. The zero-order valence-electron chi connectivity index (χ0n) is 12.0. The van der Waals surface area contributed by atoms with Gasteiger partial charge in [-0.15, -0.1) is 0 Å². The molecule has 1 heterocycles. The van der Waals surface area contributed by atoms with Crippen molar-refractivity contribution >= 4 is 23.2 Å². The van der Waals surface area contributed by atoms with Crippen molar-refractivity contribution in [3.8, 4) is 0 Å². The molecule has 5 heteroatoms. The molecule has 1 saturated carbocycles. The Morgan fingerprint density at radius 2 is 2.05 bits per heavy atom. The van der Waals surface area contributed by atoms with E-state index >= 15 is 0 Å². The highest BCUT2D eigenvalue weighted by Gasteiger charge is 2.51. The summed E-state index contributed by atoms with van der Waals surface area (Å²) in [4.78, 5) is 14.6. The molecule has 1 unspecified atom stereocenters. The van der Waals surface area contributed by atoms with Gasteiger partial charge < -0.3 is 10.0 Å². The average Bonchev–Trinajstić information content (AvgIpc) is 2.66. The molecule has 0 radical (unpaired) electrons. The number of rotatable bonds is 1. The van der Waals surface area contributed by atoms with Gasteiger partial charge in [-0.3, -0.25) is 4.79 Å². The average molecular weight is 312 g/mol. The van der Waals surface area contributed by atoms with E-state index in [1.807, 2.05) is 6.92 Å². The van der Waals surface area contributed by atoms with Crippen LogP contribution in [-0.4, -0.2) is 23.2 Å². The van der Waals surface area contributed by atoms with Crippen LogP contribution in [0.15, 0.2) is 18.2 Å². The topological polar surface area (TPSA) is 40.5 Å². The van der Waals surface area contributed by atoms with Crippen molar-refractivity contribution < 1.29 is 14.3 Å². The summed E-state index contributed by atoms with van der Waals surface area (Å²) in [6.45, 7) is 2.00. The Labute approximate surface area is 128 Å². The fraction of sp³-hybridized carbons (Fsp3) is 0.562. The van der Waals surface area contributed by atoms with Crippen LogP contribution < -0.4 is 4.90 Å². The second-order valence-electron chi connectivity index (χ2n) is 6.34. The molecular weight excluding hydrogens is 293 g/mol. The molecule has 3 nitrogen and oxygen atoms in total. The largest absolute Gasteiger partial charge is 0.393 e. The number of aliphatic hydroxyl groups is 1. The SMILES string of the molecule is CC1CC2(CCC(O)CC2)C(=O)N1c1ccc(F)cc1Cl. The number of hydrogen-bond acceptors (Lipinski definition) is 2. The number of amides is 1. The molecule has 1 aliphatic heterocycles. The van der Waals surface area contributed by atoms with Gasteiger partial charge in [-0.1, -0.05) is 11.6 Å². The first-order chi connectivity index (χ1) is 9.93. The van der Waals surface area contributed by atoms with Crippen LogP contribution in [-0.2, 0) is 4.79 Å². The van der Waals surface area contributed by atoms with Gasteiger partial charge in [-0.05, 0) is 57.2 Å². The maximum Gasteiger partial charge on any atom is 0.233 e. The molecule has 2 aliphatic rings. The van der Waals surface area contributed by atoms with Gasteiger partial charge in [0.05, 0.1) is 22.2 Å². The second-order valence-corrected chi connectivity index (χ2v) is 6.74. The van der Waals surface area contributed by atoms with Crippen LogP contribution in [0.1, 0.15) is 39.0 Å². The van der Waals surface area contributed by atoms with Crippen molar-refractivity contribution in [3.63, 3.8) is 0 Å². The maximum absolute atomic E-state index is 13.2. The van der Waals surface area contributed by atoms with Gasteiger partial charge in [0.25, 0.3) is 0 Å². The standard InChI is InChI=1S/C16H19ClFNO2/c1-10-9-16(6-4-12(20)5-7-16)15(21)19(10)14-3-2-11(18)8-13(14)17/h2-3,8,10,12,20H,4-7,9H2,1H3. The van der Waals surface area contributed by atoms with Crippen molar-refractivity contribution in [3.05, 3.63) is 29.0 Å². The fourth-order valence-electron chi connectivity index (χ4n) is 3.80. The fourth-order valence-corrected chi connectivity index (χ4v) is 4.05. The molecule has 1 amide bonds. The molecule has 0 aromatic heterocycles. The van der Waals surface area contributed by atoms with E-state index in [9.17, 15) is 14.3 Å². The predicted octanol–water partition coefficient (Wildman–Crippen LogP) is 3.53. The molecule has 1 N–H and O–H groups in total. The van der Waals surface area contributed by atoms with E-state index in [-0.39, 0.29) is 28.5 Å². The van der Waals surface area contributed by atoms with Crippen molar-refractivity contribution in [2.75, 3.05) is 4.90 Å². The third kappa shape index (κ3) is 2.44. The molecule has 1 saturated heterocycles. The van der Waals surface area contributed by atoms with E-state index in [4.69, 9.17) is 11.6 Å². The molecule has 0 bridgehead atoms. The Balaban J connectivity index is 1.92. The molecule has 1 spiro atoms. The quantitative estimate of drug-likeness (QED) is 0.862. The Hall–Kier alpha value is -1.13. The summed E-state index contributed by atoms with van der Waals surface area (Å²) in [5.41, 5.74) is 0.203. The first-order valence-corrected chi connectivity index (χ1v) is 7.77. The van der Waals surface area contributed by atoms with Gasteiger partial charge in [-0.25, -0.2) is 4.39 Å². The van der Waals surface area contributed by atoms with E-state index < -0.39 is 5.82 Å². The molecule has 1 atom stereocenters. The highest BCUT2D eigenvalue weighted by Crippen LogP contribution is 2.49. The van der Waals surface area contributed by atoms with Crippen LogP contribution in [0, 0.1) is 11.2 Å². The third-order valence-electron chi connectivity index (χ3n) is 4.88. The third-order valence-corrected chi connectivity index (χ3v) is 5.18. The molecule has 1 aromatic carbocycles. The predicted molar refractivity (Wildman–Crippen MR) is 79.9 cm³/mol. The van der Waals surface area contributed by atoms with Crippen LogP contribution in [0.2, 0.25) is 5.02 Å². The minimum atomic E-state index is -0.404. The highest BCUT2D eigenvalue weighted by atomic mass is 35.5. The second kappa shape index (κ2) is 5.25. The van der Waals surface area contributed by atoms with E-state index in [1.165, 1.54) is 12.1 Å². The first-order valence-electron chi connectivity index (χ1n) is 7.40. The van der Waals surface area contributed by atoms with E-state index in [0.717, 1.165) is 6.42 Å². The lowest BCUT2D eigenvalue weighted by Crippen LogP contribution is -2.39. The van der Waals surface area contributed by atoms with Crippen LogP contribution in [0.3, 0.4) is 0 Å². The number of nitrogens with zero attached hydrogens (tertiary/aromatic N) is 1. The van der Waals surface area contributed by atoms with Crippen molar-refractivity contribution in [1.82, 2.24) is 0 Å². The van der Waals surface area contributed by atoms with Crippen LogP contribution in [0.25, 0.3) is 0 Å². The molecule has 1 aliphatic carbocycles.